The summed E-state index contributed by atoms with van der Waals surface area (Å²) in [5, 5.41) is 3.58. The average Bonchev–Trinajstić information content (AvgIpc) is 3.68. The minimum Gasteiger partial charge on any atom is -0.455 e. The molecule has 46 heavy (non-hydrogen) atoms. The lowest BCUT2D eigenvalue weighted by molar-refractivity contribution is -0.0987. The van der Waals surface area contributed by atoms with Crippen molar-refractivity contribution in [3.8, 4) is 33.9 Å². The Bertz CT molecular complexity index is 1970. The van der Waals surface area contributed by atoms with Gasteiger partial charge in [-0.05, 0) is 60.2 Å². The van der Waals surface area contributed by atoms with Crippen LogP contribution in [0.3, 0.4) is 0 Å². The highest BCUT2D eigenvalue weighted by molar-refractivity contribution is 6.31. The van der Waals surface area contributed by atoms with E-state index in [0.29, 0.717) is 49.5 Å². The molecule has 0 saturated carbocycles. The molecule has 0 saturated heterocycles. The van der Waals surface area contributed by atoms with Gasteiger partial charge in [-0.25, -0.2) is 18.7 Å². The topological polar surface area (TPSA) is 119 Å². The summed E-state index contributed by atoms with van der Waals surface area (Å²) in [7, 11) is 5.22. The van der Waals surface area contributed by atoms with E-state index in [1.54, 1.807) is 36.4 Å². The first kappa shape index (κ1) is 35.1. The molecule has 3 heterocycles. The van der Waals surface area contributed by atoms with Crippen molar-refractivity contribution in [3.63, 3.8) is 0 Å². The summed E-state index contributed by atoms with van der Waals surface area (Å²) < 4.78 is 40.6. The van der Waals surface area contributed by atoms with E-state index in [1.807, 2.05) is 46.4 Å². The fraction of sp³-hybridized carbons (Fsp3) is 0.147. The zero-order valence-electron chi connectivity index (χ0n) is 25.8. The number of aromatic nitrogens is 2. The molecule has 0 spiro atoms. The van der Waals surface area contributed by atoms with Crippen LogP contribution in [0.15, 0.2) is 75.7 Å². The number of anilines is 1. The van der Waals surface area contributed by atoms with Crippen LogP contribution in [-0.4, -0.2) is 50.6 Å². The second-order valence-corrected chi connectivity index (χ2v) is 9.81. The van der Waals surface area contributed by atoms with Gasteiger partial charge in [0.15, 0.2) is 0 Å². The number of fused-ring (bicyclic) bond motifs is 2. The van der Waals surface area contributed by atoms with Crippen LogP contribution in [0.2, 0.25) is 5.02 Å². The molecule has 0 aliphatic heterocycles. The molecule has 1 amide bonds. The zero-order chi connectivity index (χ0) is 34.1. The van der Waals surface area contributed by atoms with Crippen LogP contribution in [-0.2, 0) is 9.59 Å². The Morgan fingerprint density at radius 3 is 2.15 bits per heavy atom. The van der Waals surface area contributed by atoms with Gasteiger partial charge < -0.3 is 28.6 Å². The lowest BCUT2D eigenvalue weighted by atomic mass is 9.96. The smallest absolute Gasteiger partial charge is 0.255 e. The Morgan fingerprint density at radius 2 is 1.52 bits per heavy atom. The molecule has 1 N–H and O–H groups in total. The van der Waals surface area contributed by atoms with Crippen molar-refractivity contribution in [2.24, 2.45) is 0 Å². The van der Waals surface area contributed by atoms with Crippen molar-refractivity contribution in [2.45, 2.75) is 13.8 Å². The van der Waals surface area contributed by atoms with E-state index in [4.69, 9.17) is 30.0 Å². The maximum absolute atomic E-state index is 15.1. The van der Waals surface area contributed by atoms with E-state index in [9.17, 15) is 9.18 Å². The minimum atomic E-state index is -0.503. The number of furan rings is 1. The van der Waals surface area contributed by atoms with Crippen LogP contribution in [0.4, 0.5) is 14.5 Å². The highest BCUT2D eigenvalue weighted by Crippen LogP contribution is 2.41. The Balaban J connectivity index is 0.000000908. The van der Waals surface area contributed by atoms with Crippen molar-refractivity contribution in [1.29, 1.82) is 0 Å². The quantitative estimate of drug-likeness (QED) is 0.200. The van der Waals surface area contributed by atoms with Gasteiger partial charge in [-0.2, -0.15) is 0 Å². The number of oxazole rings is 1. The van der Waals surface area contributed by atoms with Crippen molar-refractivity contribution < 1.29 is 32.0 Å². The number of pyridine rings is 1. The molecule has 0 fully saturated rings. The van der Waals surface area contributed by atoms with Crippen LogP contribution in [0.25, 0.3) is 56.1 Å². The van der Waals surface area contributed by atoms with Gasteiger partial charge in [-0.3, -0.25) is 4.79 Å². The molecule has 6 aromatic rings. The molecule has 0 aliphatic rings. The van der Waals surface area contributed by atoms with E-state index in [1.165, 1.54) is 37.5 Å². The first-order chi connectivity index (χ1) is 22.2. The number of benzene rings is 3. The maximum atomic E-state index is 15.1. The summed E-state index contributed by atoms with van der Waals surface area (Å²) in [5.41, 5.74) is 4.30. The van der Waals surface area contributed by atoms with Gasteiger partial charge in [0.2, 0.25) is 11.6 Å². The summed E-state index contributed by atoms with van der Waals surface area (Å²) in [6.45, 7) is 8.00. The van der Waals surface area contributed by atoms with Crippen LogP contribution < -0.4 is 10.2 Å². The molecular formula is C34H31ClF2N4O5. The molecule has 9 nitrogen and oxygen atoms in total. The maximum Gasteiger partial charge on any atom is 0.255 e. The highest BCUT2D eigenvalue weighted by atomic mass is 35.5. The third kappa shape index (κ3) is 7.10. The monoisotopic (exact) mass is 648 g/mol. The fourth-order valence-electron chi connectivity index (χ4n) is 4.68. The van der Waals surface area contributed by atoms with Crippen LogP contribution in [0.1, 0.15) is 24.2 Å². The van der Waals surface area contributed by atoms with Crippen LogP contribution in [0.5, 0.6) is 0 Å². The summed E-state index contributed by atoms with van der Waals surface area (Å²) in [6.07, 6.45) is 1.45. The lowest BCUT2D eigenvalue weighted by Crippen LogP contribution is -2.18. The number of carbonyl (C=O) groups excluding carboxylic acids is 3. The number of nitrogens with zero attached hydrogens (tertiary/aromatic N) is 3. The first-order valence-corrected chi connectivity index (χ1v) is 14.2. The number of rotatable bonds is 5. The zero-order valence-corrected chi connectivity index (χ0v) is 26.5. The predicted octanol–water partition coefficient (Wildman–Crippen LogP) is 7.98. The number of amides is 1. The summed E-state index contributed by atoms with van der Waals surface area (Å²) in [6, 6.07) is 15.4. The van der Waals surface area contributed by atoms with Gasteiger partial charge in [-0.15, -0.1) is 0 Å². The molecule has 6 rings (SSSR count). The Hall–Kier alpha value is -5.42. The molecule has 0 atom stereocenters. The van der Waals surface area contributed by atoms with Crippen LogP contribution in [0, 0.1) is 11.6 Å². The normalized spacial score (nSPS) is 10.2. The molecule has 0 bridgehead atoms. The van der Waals surface area contributed by atoms with Gasteiger partial charge in [0.1, 0.15) is 42.1 Å². The van der Waals surface area contributed by atoms with Gasteiger partial charge in [-0.1, -0.05) is 25.4 Å². The number of hydrogen-bond acceptors (Lipinski definition) is 8. The number of hydrogen-bond donors (Lipinski definition) is 1. The van der Waals surface area contributed by atoms with E-state index in [2.05, 4.69) is 15.3 Å². The molecule has 12 heteroatoms. The average molecular weight is 649 g/mol. The lowest BCUT2D eigenvalue weighted by Gasteiger charge is -2.18. The molecule has 0 radical (unpaired) electrons. The number of halogens is 3. The van der Waals surface area contributed by atoms with Crippen molar-refractivity contribution >= 4 is 59.0 Å². The number of nitrogens with one attached hydrogen (secondary N) is 1. The highest BCUT2D eigenvalue weighted by Gasteiger charge is 2.24. The van der Waals surface area contributed by atoms with E-state index in [0.717, 1.165) is 5.69 Å². The molecular weight excluding hydrogens is 618 g/mol. The van der Waals surface area contributed by atoms with Crippen molar-refractivity contribution in [1.82, 2.24) is 15.3 Å². The Labute approximate surface area is 268 Å². The second kappa shape index (κ2) is 15.5. The van der Waals surface area contributed by atoms with Gasteiger partial charge in [0, 0.05) is 61.2 Å². The molecule has 3 aromatic carbocycles. The molecule has 238 valence electrons. The Morgan fingerprint density at radius 1 is 0.870 bits per heavy atom. The second-order valence-electron chi connectivity index (χ2n) is 9.38. The predicted molar refractivity (Wildman–Crippen MR) is 176 cm³/mol. The standard InChI is InChI=1S/C30H21ClF2N4O3.C2H6.2CH2O/c1-34-28(38)26-22-12-21(24(37(2)3)13-25(22)39-27(26)15-4-6-19(32)7-5-15)16-8-17(10-20(33)9-16)29-36-23-11-18(31)14-35-30(23)40-29;3*1-2/h4-14H,1-3H3,(H,34,38);1-2H3;2*1H2. The van der Waals surface area contributed by atoms with Crippen LogP contribution >= 0.6 is 11.6 Å². The first-order valence-electron chi connectivity index (χ1n) is 13.8. The van der Waals surface area contributed by atoms with E-state index >= 15 is 4.39 Å². The van der Waals surface area contributed by atoms with Gasteiger partial charge >= 0.3 is 0 Å². The van der Waals surface area contributed by atoms with E-state index in [-0.39, 0.29) is 23.1 Å². The molecule has 0 unspecified atom stereocenters. The summed E-state index contributed by atoms with van der Waals surface area (Å²) >= 11 is 6.03. The van der Waals surface area contributed by atoms with Gasteiger partial charge in [0.05, 0.1) is 10.6 Å². The fourth-order valence-corrected chi connectivity index (χ4v) is 4.83. The largest absolute Gasteiger partial charge is 0.455 e. The Kier molecular flexibility index (Phi) is 11.8. The summed E-state index contributed by atoms with van der Waals surface area (Å²) in [4.78, 5) is 39.5. The molecule has 0 aliphatic carbocycles. The van der Waals surface area contributed by atoms with Gasteiger partial charge in [0.25, 0.3) is 5.91 Å². The number of carbonyl (C=O) groups is 3. The third-order valence-electron chi connectivity index (χ3n) is 6.52. The SMILES string of the molecule is C=O.C=O.CC.CNC(=O)c1c(-c2ccc(F)cc2)oc2cc(N(C)C)c(-c3cc(F)cc(-c4nc5cc(Cl)cnc5o4)c3)cc12. The van der Waals surface area contributed by atoms with E-state index < -0.39 is 11.6 Å². The minimum absolute atomic E-state index is 0.186. The van der Waals surface area contributed by atoms with Crippen molar-refractivity contribution in [2.75, 3.05) is 26.0 Å². The summed E-state index contributed by atoms with van der Waals surface area (Å²) in [5.74, 6) is -0.798. The third-order valence-corrected chi connectivity index (χ3v) is 6.73. The molecule has 3 aromatic heterocycles. The van der Waals surface area contributed by atoms with Crippen molar-refractivity contribution in [3.05, 3.63) is 89.1 Å².